The summed E-state index contributed by atoms with van der Waals surface area (Å²) in [6.07, 6.45) is 2.29. The van der Waals surface area contributed by atoms with Gasteiger partial charge in [-0.25, -0.2) is 9.78 Å². The van der Waals surface area contributed by atoms with E-state index in [1.165, 1.54) is 17.8 Å². The second-order valence-electron chi connectivity index (χ2n) is 3.57. The van der Waals surface area contributed by atoms with E-state index in [1.54, 1.807) is 7.11 Å². The van der Waals surface area contributed by atoms with Gasteiger partial charge in [-0.15, -0.1) is 11.3 Å². The first-order chi connectivity index (χ1) is 7.72. The van der Waals surface area contributed by atoms with Crippen LogP contribution in [0.15, 0.2) is 0 Å². The molecular formula is C10H13NO3S2. The molecule has 0 bridgehead atoms. The highest BCUT2D eigenvalue weighted by Gasteiger charge is 2.25. The number of hydrogen-bond donors (Lipinski definition) is 1. The first-order valence-electron chi connectivity index (χ1n) is 5.05. The number of thioether (sulfide) groups is 1. The molecule has 6 heteroatoms. The van der Waals surface area contributed by atoms with Crippen LogP contribution in [0, 0.1) is 0 Å². The summed E-state index contributed by atoms with van der Waals surface area (Å²) in [5, 5.41) is 10.4. The van der Waals surface area contributed by atoms with Crippen LogP contribution < -0.4 is 0 Å². The summed E-state index contributed by atoms with van der Waals surface area (Å²) in [6, 6.07) is 0. The Labute approximate surface area is 102 Å². The van der Waals surface area contributed by atoms with Crippen LogP contribution in [0.1, 0.15) is 38.5 Å². The van der Waals surface area contributed by atoms with Crippen molar-refractivity contribution in [2.75, 3.05) is 12.9 Å². The van der Waals surface area contributed by atoms with Crippen molar-refractivity contribution in [3.8, 4) is 0 Å². The lowest BCUT2D eigenvalue weighted by Crippen LogP contribution is -1.99. The highest BCUT2D eigenvalue weighted by molar-refractivity contribution is 7.99. The number of carbonyl (C=O) groups is 1. The van der Waals surface area contributed by atoms with Crippen molar-refractivity contribution in [2.45, 2.75) is 24.7 Å². The number of hydrogen-bond acceptors (Lipinski definition) is 5. The summed E-state index contributed by atoms with van der Waals surface area (Å²) < 4.78 is 4.97. The average molecular weight is 259 g/mol. The fourth-order valence-corrected chi connectivity index (χ4v) is 4.10. The van der Waals surface area contributed by atoms with Crippen LogP contribution in [0.25, 0.3) is 0 Å². The molecule has 0 spiro atoms. The SMILES string of the molecule is COCc1nc(C2CCCS2)sc1C(=O)O. The van der Waals surface area contributed by atoms with Crippen molar-refractivity contribution >= 4 is 29.1 Å². The fraction of sp³-hybridized carbons (Fsp3) is 0.600. The zero-order valence-corrected chi connectivity index (χ0v) is 10.6. The number of methoxy groups -OCH3 is 1. The first kappa shape index (κ1) is 11.9. The fourth-order valence-electron chi connectivity index (χ4n) is 1.68. The maximum atomic E-state index is 11.0. The van der Waals surface area contributed by atoms with Gasteiger partial charge in [-0.3, -0.25) is 0 Å². The number of carboxylic acid groups (broad SMARTS) is 1. The van der Waals surface area contributed by atoms with Crippen LogP contribution in [0.4, 0.5) is 0 Å². The Morgan fingerprint density at radius 1 is 1.69 bits per heavy atom. The zero-order valence-electron chi connectivity index (χ0n) is 8.93. The summed E-state index contributed by atoms with van der Waals surface area (Å²) in [4.78, 5) is 15.8. The maximum Gasteiger partial charge on any atom is 0.347 e. The third-order valence-electron chi connectivity index (χ3n) is 2.39. The van der Waals surface area contributed by atoms with Gasteiger partial charge in [0, 0.05) is 7.11 Å². The molecule has 4 nitrogen and oxygen atoms in total. The molecule has 16 heavy (non-hydrogen) atoms. The molecule has 1 unspecified atom stereocenters. The highest BCUT2D eigenvalue weighted by Crippen LogP contribution is 2.42. The lowest BCUT2D eigenvalue weighted by Gasteiger charge is -2.01. The van der Waals surface area contributed by atoms with Crippen LogP contribution >= 0.6 is 23.1 Å². The molecule has 0 radical (unpaired) electrons. The van der Waals surface area contributed by atoms with E-state index in [9.17, 15) is 4.79 Å². The summed E-state index contributed by atoms with van der Waals surface area (Å²) in [5.74, 6) is 0.241. The average Bonchev–Trinajstić information content (AvgIpc) is 2.83. The number of aromatic nitrogens is 1. The van der Waals surface area contributed by atoms with Gasteiger partial charge in [0.1, 0.15) is 9.88 Å². The Balaban J connectivity index is 2.26. The lowest BCUT2D eigenvalue weighted by molar-refractivity contribution is 0.0697. The molecule has 1 aromatic rings. The van der Waals surface area contributed by atoms with Gasteiger partial charge in [0.05, 0.1) is 17.6 Å². The van der Waals surface area contributed by atoms with Gasteiger partial charge < -0.3 is 9.84 Å². The predicted octanol–water partition coefficient (Wildman–Crippen LogP) is 2.56. The van der Waals surface area contributed by atoms with Crippen LogP contribution in [-0.4, -0.2) is 28.9 Å². The number of ether oxygens (including phenoxy) is 1. The van der Waals surface area contributed by atoms with Gasteiger partial charge in [0.25, 0.3) is 0 Å². The molecule has 0 aliphatic carbocycles. The molecule has 0 amide bonds. The van der Waals surface area contributed by atoms with Crippen molar-refractivity contribution in [3.05, 3.63) is 15.6 Å². The molecular weight excluding hydrogens is 246 g/mol. The monoisotopic (exact) mass is 259 g/mol. The standard InChI is InChI=1S/C10H13NO3S2/c1-14-5-6-8(10(12)13)16-9(11-6)7-3-2-4-15-7/h7H,2-5H2,1H3,(H,12,13). The number of aromatic carboxylic acids is 1. The molecule has 1 N–H and O–H groups in total. The van der Waals surface area contributed by atoms with Crippen molar-refractivity contribution in [1.29, 1.82) is 0 Å². The van der Waals surface area contributed by atoms with E-state index in [2.05, 4.69) is 4.98 Å². The summed E-state index contributed by atoms with van der Waals surface area (Å²) in [6.45, 7) is 0.273. The minimum Gasteiger partial charge on any atom is -0.477 e. The normalized spacial score (nSPS) is 20.2. The summed E-state index contributed by atoms with van der Waals surface area (Å²) in [5.41, 5.74) is 0.558. The second kappa shape index (κ2) is 5.16. The van der Waals surface area contributed by atoms with E-state index in [1.807, 2.05) is 11.8 Å². The van der Waals surface area contributed by atoms with Crippen molar-refractivity contribution in [1.82, 2.24) is 4.98 Å². The van der Waals surface area contributed by atoms with Gasteiger partial charge in [-0.1, -0.05) is 0 Å². The Hall–Kier alpha value is -0.590. The van der Waals surface area contributed by atoms with E-state index in [-0.39, 0.29) is 6.61 Å². The van der Waals surface area contributed by atoms with E-state index >= 15 is 0 Å². The molecule has 1 aliphatic rings. The van der Waals surface area contributed by atoms with Gasteiger partial charge in [0.15, 0.2) is 0 Å². The first-order valence-corrected chi connectivity index (χ1v) is 6.92. The van der Waals surface area contributed by atoms with Gasteiger partial charge in [-0.2, -0.15) is 11.8 Å². The lowest BCUT2D eigenvalue weighted by atomic mass is 10.2. The highest BCUT2D eigenvalue weighted by atomic mass is 32.2. The quantitative estimate of drug-likeness (QED) is 0.900. The third-order valence-corrected chi connectivity index (χ3v) is 5.13. The topological polar surface area (TPSA) is 59.4 Å². The zero-order chi connectivity index (χ0) is 11.5. The Kier molecular flexibility index (Phi) is 3.83. The van der Waals surface area contributed by atoms with Crippen molar-refractivity contribution < 1.29 is 14.6 Å². The number of thiazole rings is 1. The molecule has 2 heterocycles. The molecule has 1 aromatic heterocycles. The molecule has 1 fully saturated rings. The largest absolute Gasteiger partial charge is 0.477 e. The summed E-state index contributed by atoms with van der Waals surface area (Å²) >= 11 is 3.15. The van der Waals surface area contributed by atoms with E-state index < -0.39 is 5.97 Å². The molecule has 0 saturated carbocycles. The van der Waals surface area contributed by atoms with Crippen LogP contribution in [0.3, 0.4) is 0 Å². The van der Waals surface area contributed by atoms with Crippen LogP contribution in [-0.2, 0) is 11.3 Å². The number of carboxylic acids is 1. The minimum atomic E-state index is -0.904. The van der Waals surface area contributed by atoms with E-state index in [4.69, 9.17) is 9.84 Å². The van der Waals surface area contributed by atoms with Crippen molar-refractivity contribution in [3.63, 3.8) is 0 Å². The molecule has 1 aliphatic heterocycles. The van der Waals surface area contributed by atoms with Crippen LogP contribution in [0.2, 0.25) is 0 Å². The molecule has 2 rings (SSSR count). The Morgan fingerprint density at radius 2 is 2.50 bits per heavy atom. The van der Waals surface area contributed by atoms with Gasteiger partial charge in [0.2, 0.25) is 0 Å². The van der Waals surface area contributed by atoms with Crippen molar-refractivity contribution in [2.24, 2.45) is 0 Å². The number of nitrogens with zero attached hydrogens (tertiary/aromatic N) is 1. The van der Waals surface area contributed by atoms with Crippen LogP contribution in [0.5, 0.6) is 0 Å². The summed E-state index contributed by atoms with van der Waals surface area (Å²) in [7, 11) is 1.55. The van der Waals surface area contributed by atoms with E-state index in [0.29, 0.717) is 15.8 Å². The van der Waals surface area contributed by atoms with Gasteiger partial charge >= 0.3 is 5.97 Å². The third kappa shape index (κ3) is 2.39. The molecule has 88 valence electrons. The smallest absolute Gasteiger partial charge is 0.347 e. The Bertz CT molecular complexity index is 385. The molecule has 1 saturated heterocycles. The van der Waals surface area contributed by atoms with Gasteiger partial charge in [-0.05, 0) is 18.6 Å². The Morgan fingerprint density at radius 3 is 3.06 bits per heavy atom. The maximum absolute atomic E-state index is 11.0. The predicted molar refractivity (Wildman–Crippen MR) is 64.2 cm³/mol. The molecule has 1 atom stereocenters. The second-order valence-corrected chi connectivity index (χ2v) is 5.91. The minimum absolute atomic E-state index is 0.273. The number of rotatable bonds is 4. The van der Waals surface area contributed by atoms with E-state index in [0.717, 1.165) is 17.2 Å². The molecule has 0 aromatic carbocycles.